The molecule has 0 aliphatic carbocycles. The number of nitrogens with two attached hydrogens (primary N) is 2. The monoisotopic (exact) mass is 347 g/mol. The van der Waals surface area contributed by atoms with Gasteiger partial charge in [-0.05, 0) is 48.6 Å². The molecular formula is C16H21N5O2S. The Labute approximate surface area is 144 Å². The Kier molecular flexibility index (Phi) is 5.40. The van der Waals surface area contributed by atoms with E-state index in [0.717, 1.165) is 10.7 Å². The molecule has 0 aliphatic rings. The van der Waals surface area contributed by atoms with Crippen LogP contribution in [0.1, 0.15) is 29.9 Å². The van der Waals surface area contributed by atoms with Gasteiger partial charge in [-0.25, -0.2) is 0 Å². The predicted molar refractivity (Wildman–Crippen MR) is 96.5 cm³/mol. The van der Waals surface area contributed by atoms with Crippen molar-refractivity contribution in [1.82, 2.24) is 4.37 Å². The predicted octanol–water partition coefficient (Wildman–Crippen LogP) is 2.22. The first-order valence-electron chi connectivity index (χ1n) is 7.48. The van der Waals surface area contributed by atoms with Crippen molar-refractivity contribution in [1.29, 1.82) is 0 Å². The number of nitrogens with one attached hydrogen (secondary N) is 2. The maximum Gasteiger partial charge on any atom is 0.250 e. The summed E-state index contributed by atoms with van der Waals surface area (Å²) in [7, 11) is 0. The Balaban J connectivity index is 2.33. The van der Waals surface area contributed by atoms with Crippen molar-refractivity contribution in [3.05, 3.63) is 35.5 Å². The van der Waals surface area contributed by atoms with E-state index in [9.17, 15) is 9.59 Å². The molecule has 1 aromatic carbocycles. The van der Waals surface area contributed by atoms with Crippen molar-refractivity contribution >= 4 is 39.7 Å². The molecule has 6 N–H and O–H groups in total. The van der Waals surface area contributed by atoms with Gasteiger partial charge in [0.25, 0.3) is 5.91 Å². The number of amides is 2. The van der Waals surface area contributed by atoms with E-state index in [0.29, 0.717) is 16.9 Å². The lowest BCUT2D eigenvalue weighted by atomic mass is 10.0. The van der Waals surface area contributed by atoms with E-state index < -0.39 is 17.9 Å². The normalized spacial score (nSPS) is 12.0. The number of benzene rings is 1. The van der Waals surface area contributed by atoms with Gasteiger partial charge in [0.2, 0.25) is 5.91 Å². The zero-order valence-electron chi connectivity index (χ0n) is 13.8. The second kappa shape index (κ2) is 7.31. The smallest absolute Gasteiger partial charge is 0.250 e. The molecule has 0 saturated carbocycles. The first-order chi connectivity index (χ1) is 11.3. The van der Waals surface area contributed by atoms with Gasteiger partial charge in [-0.2, -0.15) is 4.37 Å². The molecule has 0 fully saturated rings. The van der Waals surface area contributed by atoms with E-state index in [1.54, 1.807) is 18.2 Å². The van der Waals surface area contributed by atoms with Crippen LogP contribution in [0.25, 0.3) is 0 Å². The summed E-state index contributed by atoms with van der Waals surface area (Å²) in [5.41, 5.74) is 13.3. The Morgan fingerprint density at radius 3 is 2.42 bits per heavy atom. The molecule has 8 heteroatoms. The van der Waals surface area contributed by atoms with Gasteiger partial charge in [-0.1, -0.05) is 13.8 Å². The third kappa shape index (κ3) is 4.23. The van der Waals surface area contributed by atoms with Gasteiger partial charge in [0.15, 0.2) is 0 Å². The first kappa shape index (κ1) is 17.7. The third-order valence-electron chi connectivity index (χ3n) is 3.47. The number of nitrogens with zero attached hydrogens (tertiary/aromatic N) is 1. The van der Waals surface area contributed by atoms with Gasteiger partial charge >= 0.3 is 0 Å². The zero-order chi connectivity index (χ0) is 17.9. The first-order valence-corrected chi connectivity index (χ1v) is 8.25. The highest BCUT2D eigenvalue weighted by molar-refractivity contribution is 7.10. The molecule has 2 aromatic rings. The molecule has 0 spiro atoms. The molecule has 0 unspecified atom stereocenters. The van der Waals surface area contributed by atoms with Gasteiger partial charge in [0.05, 0.1) is 16.9 Å². The number of hydrogen-bond donors (Lipinski definition) is 4. The summed E-state index contributed by atoms with van der Waals surface area (Å²) in [4.78, 5) is 23.2. The number of primary amides is 2. The molecule has 0 aliphatic heterocycles. The average molecular weight is 347 g/mol. The maximum atomic E-state index is 11.6. The summed E-state index contributed by atoms with van der Waals surface area (Å²) in [6, 6.07) is 6.40. The van der Waals surface area contributed by atoms with Crippen LogP contribution in [0.2, 0.25) is 0 Å². The highest BCUT2D eigenvalue weighted by atomic mass is 32.1. The summed E-state index contributed by atoms with van der Waals surface area (Å²) in [6.45, 7) is 5.69. The number of anilines is 3. The molecule has 0 bridgehead atoms. The molecule has 7 nitrogen and oxygen atoms in total. The average Bonchev–Trinajstić information content (AvgIpc) is 2.89. The van der Waals surface area contributed by atoms with E-state index in [-0.39, 0.29) is 5.92 Å². The number of carbonyl (C=O) groups is 2. The molecule has 24 heavy (non-hydrogen) atoms. The van der Waals surface area contributed by atoms with Crippen LogP contribution < -0.4 is 22.1 Å². The minimum Gasteiger partial charge on any atom is -0.373 e. The molecule has 1 heterocycles. The fraction of sp³-hybridized carbons (Fsp3) is 0.312. The SMILES string of the molecule is Cc1cc(Nc2cc(N[C@@H](C(N)=O)C(C)C)ccc2C(N)=O)sn1. The van der Waals surface area contributed by atoms with Crippen molar-refractivity contribution in [3.63, 3.8) is 0 Å². The fourth-order valence-electron chi connectivity index (χ4n) is 2.25. The van der Waals surface area contributed by atoms with E-state index in [4.69, 9.17) is 11.5 Å². The Hall–Kier alpha value is -2.61. The van der Waals surface area contributed by atoms with E-state index in [1.807, 2.05) is 26.8 Å². The van der Waals surface area contributed by atoms with Gasteiger partial charge in [0, 0.05) is 5.69 Å². The minimum atomic E-state index is -0.541. The minimum absolute atomic E-state index is 0.0267. The number of aryl methyl sites for hydroxylation is 1. The molecule has 0 saturated heterocycles. The lowest BCUT2D eigenvalue weighted by Gasteiger charge is -2.21. The van der Waals surface area contributed by atoms with Crippen molar-refractivity contribution in [2.24, 2.45) is 17.4 Å². The largest absolute Gasteiger partial charge is 0.373 e. The van der Waals surface area contributed by atoms with Gasteiger partial charge in [-0.15, -0.1) is 0 Å². The van der Waals surface area contributed by atoms with Crippen LogP contribution in [-0.2, 0) is 4.79 Å². The second-order valence-electron chi connectivity index (χ2n) is 5.85. The second-order valence-corrected chi connectivity index (χ2v) is 6.66. The summed E-state index contributed by atoms with van der Waals surface area (Å²) >= 11 is 1.29. The van der Waals surface area contributed by atoms with Crippen LogP contribution in [0.5, 0.6) is 0 Å². The molecule has 128 valence electrons. The molecule has 1 aromatic heterocycles. The van der Waals surface area contributed by atoms with E-state index >= 15 is 0 Å². The molecule has 2 amide bonds. The Bertz CT molecular complexity index is 757. The lowest BCUT2D eigenvalue weighted by Crippen LogP contribution is -2.39. The van der Waals surface area contributed by atoms with Gasteiger partial charge < -0.3 is 22.1 Å². The quantitative estimate of drug-likeness (QED) is 0.611. The standard InChI is InChI=1S/C16H21N5O2S/c1-8(2)14(16(18)23)19-10-4-5-11(15(17)22)12(7-10)20-13-6-9(3)21-24-13/h4-8,14,19-20H,1-3H3,(H2,17,22)(H2,18,23)/t14-/m1/s1. The Morgan fingerprint density at radius 2 is 1.92 bits per heavy atom. The fourth-order valence-corrected chi connectivity index (χ4v) is 2.93. The van der Waals surface area contributed by atoms with Crippen LogP contribution in [0, 0.1) is 12.8 Å². The number of hydrogen-bond acceptors (Lipinski definition) is 6. The van der Waals surface area contributed by atoms with Crippen molar-refractivity contribution in [2.75, 3.05) is 10.6 Å². The maximum absolute atomic E-state index is 11.6. The number of carbonyl (C=O) groups excluding carboxylic acids is 2. The lowest BCUT2D eigenvalue weighted by molar-refractivity contribution is -0.119. The topological polar surface area (TPSA) is 123 Å². The molecule has 0 radical (unpaired) electrons. The zero-order valence-corrected chi connectivity index (χ0v) is 14.6. The molecular weight excluding hydrogens is 326 g/mol. The van der Waals surface area contributed by atoms with Gasteiger partial charge in [0.1, 0.15) is 11.0 Å². The summed E-state index contributed by atoms with van der Waals surface area (Å²) in [5.74, 6) is -0.948. The van der Waals surface area contributed by atoms with Crippen molar-refractivity contribution in [2.45, 2.75) is 26.8 Å². The summed E-state index contributed by atoms with van der Waals surface area (Å²) in [6.07, 6.45) is 0. The highest BCUT2D eigenvalue weighted by Crippen LogP contribution is 2.28. The number of aromatic nitrogens is 1. The van der Waals surface area contributed by atoms with E-state index in [2.05, 4.69) is 15.0 Å². The highest BCUT2D eigenvalue weighted by Gasteiger charge is 2.20. The van der Waals surface area contributed by atoms with Crippen molar-refractivity contribution < 1.29 is 9.59 Å². The third-order valence-corrected chi connectivity index (χ3v) is 4.26. The van der Waals surface area contributed by atoms with Crippen molar-refractivity contribution in [3.8, 4) is 0 Å². The van der Waals surface area contributed by atoms with Crippen LogP contribution in [0.15, 0.2) is 24.3 Å². The number of rotatable bonds is 7. The van der Waals surface area contributed by atoms with Crippen LogP contribution in [-0.4, -0.2) is 22.2 Å². The van der Waals surface area contributed by atoms with Crippen LogP contribution in [0.4, 0.5) is 16.4 Å². The molecule has 1 atom stereocenters. The van der Waals surface area contributed by atoms with Crippen LogP contribution in [0.3, 0.4) is 0 Å². The van der Waals surface area contributed by atoms with E-state index in [1.165, 1.54) is 11.5 Å². The summed E-state index contributed by atoms with van der Waals surface area (Å²) < 4.78 is 4.19. The Morgan fingerprint density at radius 1 is 1.21 bits per heavy atom. The van der Waals surface area contributed by atoms with Crippen LogP contribution >= 0.6 is 11.5 Å². The summed E-state index contributed by atoms with van der Waals surface area (Å²) in [5, 5.41) is 7.04. The molecule has 2 rings (SSSR count). The van der Waals surface area contributed by atoms with Gasteiger partial charge in [-0.3, -0.25) is 9.59 Å².